The van der Waals surface area contributed by atoms with Crippen molar-refractivity contribution in [2.45, 2.75) is 0 Å². The molecule has 0 fully saturated rings. The molecule has 2 rings (SSSR count). The van der Waals surface area contributed by atoms with Crippen molar-refractivity contribution in [3.8, 4) is 11.4 Å². The molecule has 2 aromatic rings. The monoisotopic (exact) mass is 290 g/mol. The van der Waals surface area contributed by atoms with Gasteiger partial charge in [-0.25, -0.2) is 13.9 Å². The van der Waals surface area contributed by atoms with Crippen LogP contribution in [0.3, 0.4) is 0 Å². The Balaban J connectivity index is 2.56. The number of aromatic carboxylic acids is 1. The molecule has 2 N–H and O–H groups in total. The van der Waals surface area contributed by atoms with Crippen molar-refractivity contribution in [1.82, 2.24) is 9.78 Å². The van der Waals surface area contributed by atoms with Gasteiger partial charge in [-0.15, -0.1) is 0 Å². The third kappa shape index (κ3) is 2.12. The molecule has 0 aliphatic rings. The van der Waals surface area contributed by atoms with E-state index in [1.807, 2.05) is 0 Å². The molecule has 0 bridgehead atoms. The normalized spacial score (nSPS) is 10.6. The van der Waals surface area contributed by atoms with Gasteiger partial charge < -0.3 is 10.2 Å². The number of aromatic nitrogens is 2. The van der Waals surface area contributed by atoms with Crippen LogP contribution in [-0.2, 0) is 0 Å². The highest BCUT2D eigenvalue weighted by Crippen LogP contribution is 2.27. The minimum absolute atomic E-state index is 0.231. The number of carbonyl (C=O) groups is 1. The summed E-state index contributed by atoms with van der Waals surface area (Å²) >= 11 is 11.2. The first kappa shape index (κ1) is 12.7. The van der Waals surface area contributed by atoms with Crippen LogP contribution in [0.4, 0.5) is 4.39 Å². The van der Waals surface area contributed by atoms with Gasteiger partial charge in [0, 0.05) is 0 Å². The molecule has 0 atom stereocenters. The van der Waals surface area contributed by atoms with Crippen molar-refractivity contribution in [1.29, 1.82) is 0 Å². The van der Waals surface area contributed by atoms with Gasteiger partial charge >= 0.3 is 5.97 Å². The van der Waals surface area contributed by atoms with Crippen LogP contribution in [0.2, 0.25) is 10.0 Å². The van der Waals surface area contributed by atoms with Crippen LogP contribution in [0.25, 0.3) is 5.69 Å². The van der Waals surface area contributed by atoms with Crippen LogP contribution in [0.1, 0.15) is 10.5 Å². The van der Waals surface area contributed by atoms with E-state index < -0.39 is 23.2 Å². The Morgan fingerprint density at radius 1 is 1.33 bits per heavy atom. The topological polar surface area (TPSA) is 75.3 Å². The van der Waals surface area contributed by atoms with E-state index >= 15 is 0 Å². The van der Waals surface area contributed by atoms with Gasteiger partial charge in [-0.2, -0.15) is 5.10 Å². The highest BCUT2D eigenvalue weighted by molar-refractivity contribution is 6.35. The number of rotatable bonds is 2. The quantitative estimate of drug-likeness (QED) is 0.834. The molecular weight excluding hydrogens is 286 g/mol. The number of benzene rings is 1. The largest absolute Gasteiger partial charge is 0.504 e. The Hall–Kier alpha value is -1.79. The zero-order valence-electron chi connectivity index (χ0n) is 8.56. The van der Waals surface area contributed by atoms with Gasteiger partial charge in [0.2, 0.25) is 5.69 Å². The van der Waals surface area contributed by atoms with Gasteiger partial charge in [-0.05, 0) is 12.1 Å². The predicted molar refractivity (Wildman–Crippen MR) is 62.2 cm³/mol. The first-order chi connectivity index (χ1) is 8.40. The number of nitrogens with zero attached hydrogens (tertiary/aromatic N) is 2. The Labute approximate surface area is 110 Å². The number of aromatic hydroxyl groups is 1. The van der Waals surface area contributed by atoms with Crippen LogP contribution >= 0.6 is 23.2 Å². The molecular formula is C10H5Cl2FN2O3. The van der Waals surface area contributed by atoms with Gasteiger partial charge in [0.1, 0.15) is 0 Å². The van der Waals surface area contributed by atoms with E-state index in [4.69, 9.17) is 28.3 Å². The van der Waals surface area contributed by atoms with Crippen molar-refractivity contribution >= 4 is 29.2 Å². The van der Waals surface area contributed by atoms with E-state index in [1.54, 1.807) is 0 Å². The summed E-state index contributed by atoms with van der Waals surface area (Å²) in [5.41, 5.74) is -0.291. The molecule has 8 heteroatoms. The summed E-state index contributed by atoms with van der Waals surface area (Å²) in [6.07, 6.45) is 1.06. The highest BCUT2D eigenvalue weighted by Gasteiger charge is 2.17. The molecule has 0 unspecified atom stereocenters. The first-order valence-electron chi connectivity index (χ1n) is 4.57. The number of halogens is 3. The van der Waals surface area contributed by atoms with Crippen molar-refractivity contribution in [3.05, 3.63) is 39.9 Å². The Bertz CT molecular complexity index is 619. The Kier molecular flexibility index (Phi) is 3.14. The molecule has 0 aliphatic heterocycles. The molecule has 0 aliphatic carbocycles. The summed E-state index contributed by atoms with van der Waals surface area (Å²) in [5, 5.41) is 21.2. The minimum Gasteiger partial charge on any atom is -0.504 e. The van der Waals surface area contributed by atoms with Crippen LogP contribution in [-0.4, -0.2) is 26.0 Å². The summed E-state index contributed by atoms with van der Waals surface area (Å²) in [7, 11) is 0. The third-order valence-electron chi connectivity index (χ3n) is 2.13. The Morgan fingerprint density at radius 3 is 2.33 bits per heavy atom. The van der Waals surface area contributed by atoms with E-state index in [9.17, 15) is 14.3 Å². The zero-order valence-corrected chi connectivity index (χ0v) is 10.1. The lowest BCUT2D eigenvalue weighted by Gasteiger charge is -2.04. The number of carboxylic acid groups (broad SMARTS) is 1. The summed E-state index contributed by atoms with van der Waals surface area (Å²) in [4.78, 5) is 10.7. The van der Waals surface area contributed by atoms with Crippen molar-refractivity contribution < 1.29 is 19.4 Å². The Morgan fingerprint density at radius 2 is 1.89 bits per heavy atom. The lowest BCUT2D eigenvalue weighted by molar-refractivity contribution is 0.0687. The standard InChI is InChI=1S/C10H5Cl2FN2O3/c11-5-1-4(2-6(12)8(5)13)15-3-7(16)9(14-15)10(17)18/h1-3,16H,(H,17,18). The SMILES string of the molecule is O=C(O)c1nn(-c2cc(Cl)c(F)c(Cl)c2)cc1O. The van der Waals surface area contributed by atoms with E-state index in [-0.39, 0.29) is 15.7 Å². The molecule has 94 valence electrons. The molecule has 0 saturated carbocycles. The molecule has 1 aromatic heterocycles. The van der Waals surface area contributed by atoms with Gasteiger partial charge in [0.05, 0.1) is 21.9 Å². The number of carboxylic acids is 1. The molecule has 1 heterocycles. The van der Waals surface area contributed by atoms with Crippen molar-refractivity contribution in [3.63, 3.8) is 0 Å². The lowest BCUT2D eigenvalue weighted by Crippen LogP contribution is -2.01. The molecule has 0 radical (unpaired) electrons. The molecule has 1 aromatic carbocycles. The van der Waals surface area contributed by atoms with E-state index in [1.165, 1.54) is 12.1 Å². The van der Waals surface area contributed by atoms with Crippen LogP contribution < -0.4 is 0 Å². The summed E-state index contributed by atoms with van der Waals surface area (Å²) < 4.78 is 14.2. The van der Waals surface area contributed by atoms with Gasteiger partial charge in [-0.1, -0.05) is 23.2 Å². The average Bonchev–Trinajstić information content (AvgIpc) is 2.67. The highest BCUT2D eigenvalue weighted by atomic mass is 35.5. The fraction of sp³-hybridized carbons (Fsp3) is 0. The second kappa shape index (κ2) is 4.47. The van der Waals surface area contributed by atoms with Crippen LogP contribution in [0.15, 0.2) is 18.3 Å². The van der Waals surface area contributed by atoms with E-state index in [2.05, 4.69) is 5.10 Å². The van der Waals surface area contributed by atoms with Crippen LogP contribution in [0.5, 0.6) is 5.75 Å². The van der Waals surface area contributed by atoms with Gasteiger partial charge in [0.25, 0.3) is 0 Å². The zero-order chi connectivity index (χ0) is 13.4. The van der Waals surface area contributed by atoms with Crippen molar-refractivity contribution in [2.24, 2.45) is 0 Å². The summed E-state index contributed by atoms with van der Waals surface area (Å²) in [5.74, 6) is -2.68. The maximum Gasteiger partial charge on any atom is 0.360 e. The van der Waals surface area contributed by atoms with E-state index in [0.29, 0.717) is 0 Å². The van der Waals surface area contributed by atoms with Crippen LogP contribution in [0, 0.1) is 5.82 Å². The van der Waals surface area contributed by atoms with Gasteiger partial charge in [-0.3, -0.25) is 0 Å². The molecule has 18 heavy (non-hydrogen) atoms. The predicted octanol–water partition coefficient (Wildman–Crippen LogP) is 2.72. The van der Waals surface area contributed by atoms with Crippen molar-refractivity contribution in [2.75, 3.05) is 0 Å². The molecule has 0 amide bonds. The maximum absolute atomic E-state index is 13.2. The third-order valence-corrected chi connectivity index (χ3v) is 2.68. The fourth-order valence-electron chi connectivity index (χ4n) is 1.32. The second-order valence-corrected chi connectivity index (χ2v) is 4.15. The molecule has 0 spiro atoms. The first-order valence-corrected chi connectivity index (χ1v) is 5.32. The number of hydrogen-bond acceptors (Lipinski definition) is 3. The molecule has 5 nitrogen and oxygen atoms in total. The minimum atomic E-state index is -1.38. The molecule has 0 saturated heterocycles. The maximum atomic E-state index is 13.2. The summed E-state index contributed by atoms with van der Waals surface area (Å²) in [6.45, 7) is 0. The average molecular weight is 291 g/mol. The fourth-order valence-corrected chi connectivity index (χ4v) is 1.80. The van der Waals surface area contributed by atoms with Gasteiger partial charge in [0.15, 0.2) is 11.6 Å². The van der Waals surface area contributed by atoms with E-state index in [0.717, 1.165) is 10.9 Å². The smallest absolute Gasteiger partial charge is 0.360 e. The lowest BCUT2D eigenvalue weighted by atomic mass is 10.3. The second-order valence-electron chi connectivity index (χ2n) is 3.34. The summed E-state index contributed by atoms with van der Waals surface area (Å²) in [6, 6.07) is 2.42. The number of hydrogen-bond donors (Lipinski definition) is 2.